The fourth-order valence-corrected chi connectivity index (χ4v) is 3.64. The van der Waals surface area contributed by atoms with Crippen LogP contribution < -0.4 is 10.2 Å². The summed E-state index contributed by atoms with van der Waals surface area (Å²) in [5.74, 6) is 0.228. The molecule has 9 heteroatoms. The molecule has 1 N–H and O–H groups in total. The molecule has 1 unspecified atom stereocenters. The molecule has 2 aliphatic heterocycles. The van der Waals surface area contributed by atoms with E-state index >= 15 is 0 Å². The third kappa shape index (κ3) is 4.63. The van der Waals surface area contributed by atoms with Gasteiger partial charge < -0.3 is 14.4 Å². The molecule has 0 spiro atoms. The zero-order valence-electron chi connectivity index (χ0n) is 17.0. The van der Waals surface area contributed by atoms with Crippen molar-refractivity contribution in [3.8, 4) is 5.75 Å². The molecule has 3 heterocycles. The van der Waals surface area contributed by atoms with Crippen molar-refractivity contribution in [2.45, 2.75) is 45.1 Å². The Bertz CT molecular complexity index is 889. The zero-order valence-corrected chi connectivity index (χ0v) is 17.0. The minimum absolute atomic E-state index is 0.0592. The molecule has 4 rings (SSSR count). The molecule has 160 valence electrons. The van der Waals surface area contributed by atoms with Crippen molar-refractivity contribution >= 4 is 11.8 Å². The second-order valence-corrected chi connectivity index (χ2v) is 7.40. The number of fused-ring (bicyclic) bond motifs is 1. The van der Waals surface area contributed by atoms with E-state index in [0.717, 1.165) is 31.4 Å². The van der Waals surface area contributed by atoms with Gasteiger partial charge in [-0.05, 0) is 49.6 Å². The second kappa shape index (κ2) is 9.27. The molecule has 2 aromatic rings. The molecule has 0 saturated carbocycles. The normalized spacial score (nSPS) is 19.0. The number of nitrogens with one attached hydrogen (secondary N) is 1. The lowest BCUT2D eigenvalue weighted by Gasteiger charge is -2.21. The first kappa shape index (κ1) is 20.4. The number of carbonyl (C=O) groups excluding carboxylic acids is 2. The molecule has 2 aliphatic rings. The highest BCUT2D eigenvalue weighted by Crippen LogP contribution is 2.19. The first-order chi connectivity index (χ1) is 14.6. The number of aromatic nitrogens is 2. The number of ether oxygens (including phenoxy) is 2. The average molecular weight is 414 g/mol. The summed E-state index contributed by atoms with van der Waals surface area (Å²) in [6.07, 6.45) is 3.11. The van der Waals surface area contributed by atoms with E-state index in [9.17, 15) is 9.59 Å². The van der Waals surface area contributed by atoms with E-state index in [1.54, 1.807) is 47.0 Å². The van der Waals surface area contributed by atoms with Crippen LogP contribution in [0, 0.1) is 0 Å². The average Bonchev–Trinajstić information content (AvgIpc) is 3.09. The van der Waals surface area contributed by atoms with Crippen LogP contribution in [0.3, 0.4) is 0 Å². The zero-order chi connectivity index (χ0) is 20.9. The van der Waals surface area contributed by atoms with Gasteiger partial charge >= 0.3 is 0 Å². The van der Waals surface area contributed by atoms with Crippen LogP contribution in [0.4, 0.5) is 0 Å². The number of benzene rings is 1. The number of amides is 2. The maximum Gasteiger partial charge on any atom is 0.295 e. The Kier molecular flexibility index (Phi) is 6.29. The highest BCUT2D eigenvalue weighted by Gasteiger charge is 2.24. The smallest absolute Gasteiger partial charge is 0.295 e. The van der Waals surface area contributed by atoms with Crippen molar-refractivity contribution in [3.63, 3.8) is 0 Å². The van der Waals surface area contributed by atoms with Crippen molar-refractivity contribution < 1.29 is 23.9 Å². The largest absolute Gasteiger partial charge is 0.497 e. The second-order valence-electron chi connectivity index (χ2n) is 7.40. The molecular formula is C21H26N4O5. The lowest BCUT2D eigenvalue weighted by atomic mass is 10.2. The Morgan fingerprint density at radius 1 is 1.17 bits per heavy atom. The van der Waals surface area contributed by atoms with Gasteiger partial charge in [-0.15, -0.1) is 0 Å². The Morgan fingerprint density at radius 2 is 2.00 bits per heavy atom. The SMILES string of the molecule is COc1ccc(C(=O)N2CCCn3nc(C(=O)NOC4CCCCO4)cc3C2)cc1. The molecule has 1 aromatic carbocycles. The number of rotatable bonds is 5. The van der Waals surface area contributed by atoms with Gasteiger partial charge in [0.1, 0.15) is 5.75 Å². The lowest BCUT2D eigenvalue weighted by molar-refractivity contribution is -0.186. The molecular weight excluding hydrogens is 388 g/mol. The van der Waals surface area contributed by atoms with E-state index in [0.29, 0.717) is 37.6 Å². The van der Waals surface area contributed by atoms with Gasteiger partial charge in [-0.1, -0.05) is 0 Å². The van der Waals surface area contributed by atoms with Gasteiger partial charge in [0.2, 0.25) is 0 Å². The summed E-state index contributed by atoms with van der Waals surface area (Å²) in [5.41, 5.74) is 4.11. The summed E-state index contributed by atoms with van der Waals surface area (Å²) in [4.78, 5) is 32.5. The predicted molar refractivity (Wildman–Crippen MR) is 107 cm³/mol. The van der Waals surface area contributed by atoms with Crippen LogP contribution in [0.25, 0.3) is 0 Å². The monoisotopic (exact) mass is 414 g/mol. The van der Waals surface area contributed by atoms with Gasteiger partial charge in [-0.2, -0.15) is 5.10 Å². The quantitative estimate of drug-likeness (QED) is 0.753. The summed E-state index contributed by atoms with van der Waals surface area (Å²) in [6.45, 7) is 2.29. The van der Waals surface area contributed by atoms with Gasteiger partial charge in [-0.25, -0.2) is 10.3 Å². The van der Waals surface area contributed by atoms with Crippen LogP contribution in [0.1, 0.15) is 52.2 Å². The molecule has 1 atom stereocenters. The molecule has 0 radical (unpaired) electrons. The Balaban J connectivity index is 1.40. The molecule has 9 nitrogen and oxygen atoms in total. The lowest BCUT2D eigenvalue weighted by Crippen LogP contribution is -2.33. The number of aryl methyl sites for hydroxylation is 1. The van der Waals surface area contributed by atoms with E-state index in [4.69, 9.17) is 14.3 Å². The molecule has 1 aromatic heterocycles. The third-order valence-corrected chi connectivity index (χ3v) is 5.29. The van der Waals surface area contributed by atoms with Gasteiger partial charge in [0.05, 0.1) is 19.3 Å². The molecule has 0 aliphatic carbocycles. The van der Waals surface area contributed by atoms with Crippen LogP contribution in [0.5, 0.6) is 5.75 Å². The summed E-state index contributed by atoms with van der Waals surface area (Å²) in [6, 6.07) is 8.77. The minimum Gasteiger partial charge on any atom is -0.497 e. The van der Waals surface area contributed by atoms with Crippen LogP contribution in [-0.4, -0.2) is 53.0 Å². The number of nitrogens with zero attached hydrogens (tertiary/aromatic N) is 3. The molecule has 1 saturated heterocycles. The van der Waals surface area contributed by atoms with E-state index in [1.807, 2.05) is 0 Å². The van der Waals surface area contributed by atoms with Crippen LogP contribution in [-0.2, 0) is 22.7 Å². The van der Waals surface area contributed by atoms with Gasteiger partial charge in [0.25, 0.3) is 11.8 Å². The number of carbonyl (C=O) groups is 2. The van der Waals surface area contributed by atoms with Gasteiger partial charge in [0.15, 0.2) is 12.0 Å². The predicted octanol–water partition coefficient (Wildman–Crippen LogP) is 2.13. The number of hydroxylamine groups is 1. The van der Waals surface area contributed by atoms with Crippen LogP contribution >= 0.6 is 0 Å². The number of methoxy groups -OCH3 is 1. The van der Waals surface area contributed by atoms with Crippen molar-refractivity contribution in [1.82, 2.24) is 20.2 Å². The summed E-state index contributed by atoms with van der Waals surface area (Å²) in [5, 5.41) is 4.39. The number of hydrogen-bond acceptors (Lipinski definition) is 6. The minimum atomic E-state index is -0.419. The van der Waals surface area contributed by atoms with Gasteiger partial charge in [-0.3, -0.25) is 14.3 Å². The molecule has 0 bridgehead atoms. The van der Waals surface area contributed by atoms with E-state index < -0.39 is 12.2 Å². The van der Waals surface area contributed by atoms with E-state index in [-0.39, 0.29) is 11.6 Å². The summed E-state index contributed by atoms with van der Waals surface area (Å²) in [7, 11) is 1.59. The molecule has 30 heavy (non-hydrogen) atoms. The molecule has 2 amide bonds. The fourth-order valence-electron chi connectivity index (χ4n) is 3.64. The third-order valence-electron chi connectivity index (χ3n) is 5.29. The highest BCUT2D eigenvalue weighted by molar-refractivity contribution is 5.94. The Hall–Kier alpha value is -2.91. The summed E-state index contributed by atoms with van der Waals surface area (Å²) >= 11 is 0. The fraction of sp³-hybridized carbons (Fsp3) is 0.476. The molecule has 1 fully saturated rings. The Morgan fingerprint density at radius 3 is 2.73 bits per heavy atom. The summed E-state index contributed by atoms with van der Waals surface area (Å²) < 4.78 is 12.4. The van der Waals surface area contributed by atoms with E-state index in [1.165, 1.54) is 0 Å². The van der Waals surface area contributed by atoms with Crippen molar-refractivity contribution in [1.29, 1.82) is 0 Å². The van der Waals surface area contributed by atoms with Crippen LogP contribution in [0.15, 0.2) is 30.3 Å². The highest BCUT2D eigenvalue weighted by atomic mass is 16.8. The van der Waals surface area contributed by atoms with Crippen LogP contribution in [0.2, 0.25) is 0 Å². The standard InChI is InChI=1S/C21H26N4O5/c1-28-17-8-6-15(7-9-17)21(27)24-10-4-11-25-16(14-24)13-18(22-25)20(26)23-30-19-5-2-3-12-29-19/h6-9,13,19H,2-5,10-12,14H2,1H3,(H,23,26). The maximum absolute atomic E-state index is 12.9. The van der Waals surface area contributed by atoms with Crippen molar-refractivity contribution in [3.05, 3.63) is 47.3 Å². The van der Waals surface area contributed by atoms with E-state index in [2.05, 4.69) is 10.6 Å². The number of hydrogen-bond donors (Lipinski definition) is 1. The van der Waals surface area contributed by atoms with Crippen molar-refractivity contribution in [2.24, 2.45) is 0 Å². The Labute approximate surface area is 174 Å². The first-order valence-corrected chi connectivity index (χ1v) is 10.2. The topological polar surface area (TPSA) is 94.9 Å². The first-order valence-electron chi connectivity index (χ1n) is 10.2. The van der Waals surface area contributed by atoms with Crippen molar-refractivity contribution in [2.75, 3.05) is 20.3 Å². The van der Waals surface area contributed by atoms with Gasteiger partial charge in [0, 0.05) is 31.7 Å². The maximum atomic E-state index is 12.9.